The lowest BCUT2D eigenvalue weighted by Crippen LogP contribution is -1.83. The molecule has 86 valence electrons. The van der Waals surface area contributed by atoms with Crippen molar-refractivity contribution in [3.63, 3.8) is 0 Å². The van der Waals surface area contributed by atoms with E-state index in [9.17, 15) is 5.11 Å². The zero-order chi connectivity index (χ0) is 12.1. The first kappa shape index (κ1) is 11.5. The molecule has 0 saturated carbocycles. The monoisotopic (exact) mass is 224 g/mol. The minimum atomic E-state index is 0.354. The molecule has 0 amide bonds. The third-order valence-electron chi connectivity index (χ3n) is 2.69. The second-order valence-electron chi connectivity index (χ2n) is 3.94. The molecule has 0 aliphatic rings. The van der Waals surface area contributed by atoms with Crippen molar-refractivity contribution in [1.82, 2.24) is 0 Å². The van der Waals surface area contributed by atoms with Crippen LogP contribution in [0.5, 0.6) is 0 Å². The average Bonchev–Trinajstić information content (AvgIpc) is 2.40. The van der Waals surface area contributed by atoms with Crippen LogP contribution in [-0.4, -0.2) is 5.11 Å². The van der Waals surface area contributed by atoms with Gasteiger partial charge in [-0.2, -0.15) is 0 Å². The molecule has 17 heavy (non-hydrogen) atoms. The zero-order valence-corrected chi connectivity index (χ0v) is 9.93. The Morgan fingerprint density at radius 1 is 0.941 bits per heavy atom. The summed E-state index contributed by atoms with van der Waals surface area (Å²) in [5, 5.41) is 9.74. The standard InChI is InChI=1S/C16H16O/c1-2-6-16(17)15-11-9-14(10-12-15)13-7-4-3-5-8-13/h3-12,17H,2H2,1H3. The van der Waals surface area contributed by atoms with Gasteiger partial charge in [-0.3, -0.25) is 0 Å². The molecule has 1 N–H and O–H groups in total. The van der Waals surface area contributed by atoms with Crippen LogP contribution < -0.4 is 0 Å². The summed E-state index contributed by atoms with van der Waals surface area (Å²) < 4.78 is 0. The van der Waals surface area contributed by atoms with Crippen molar-refractivity contribution in [2.75, 3.05) is 0 Å². The summed E-state index contributed by atoms with van der Waals surface area (Å²) in [6.07, 6.45) is 2.66. The minimum Gasteiger partial charge on any atom is -0.508 e. The molecule has 2 rings (SSSR count). The molecule has 0 aliphatic heterocycles. The third-order valence-corrected chi connectivity index (χ3v) is 2.69. The predicted octanol–water partition coefficient (Wildman–Crippen LogP) is 4.66. The van der Waals surface area contributed by atoms with Crippen LogP contribution >= 0.6 is 0 Å². The lowest BCUT2D eigenvalue weighted by atomic mass is 10.0. The van der Waals surface area contributed by atoms with Crippen LogP contribution in [0.3, 0.4) is 0 Å². The summed E-state index contributed by atoms with van der Waals surface area (Å²) >= 11 is 0. The van der Waals surface area contributed by atoms with Crippen LogP contribution in [0, 0.1) is 0 Å². The molecular weight excluding hydrogens is 208 g/mol. The fraction of sp³-hybridized carbons (Fsp3) is 0.125. The van der Waals surface area contributed by atoms with E-state index in [1.165, 1.54) is 11.1 Å². The molecule has 0 aromatic heterocycles. The number of aliphatic hydroxyl groups is 1. The summed E-state index contributed by atoms with van der Waals surface area (Å²) in [4.78, 5) is 0. The van der Waals surface area contributed by atoms with E-state index in [-0.39, 0.29) is 0 Å². The van der Waals surface area contributed by atoms with Gasteiger partial charge in [0.2, 0.25) is 0 Å². The Kier molecular flexibility index (Phi) is 3.61. The molecule has 0 heterocycles. The van der Waals surface area contributed by atoms with Gasteiger partial charge in [0.1, 0.15) is 5.76 Å². The molecule has 1 nitrogen and oxygen atoms in total. The molecule has 0 aliphatic carbocycles. The predicted molar refractivity (Wildman–Crippen MR) is 72.8 cm³/mol. The van der Waals surface area contributed by atoms with Gasteiger partial charge >= 0.3 is 0 Å². The van der Waals surface area contributed by atoms with Crippen LogP contribution in [0.15, 0.2) is 60.7 Å². The SMILES string of the molecule is CCC=C(O)c1ccc(-c2ccccc2)cc1. The van der Waals surface area contributed by atoms with Crippen LogP contribution in [0.2, 0.25) is 0 Å². The normalized spacial score (nSPS) is 11.5. The summed E-state index contributed by atoms with van der Waals surface area (Å²) in [6.45, 7) is 2.01. The Labute approximate surface area is 102 Å². The van der Waals surface area contributed by atoms with Crippen molar-refractivity contribution < 1.29 is 5.11 Å². The highest BCUT2D eigenvalue weighted by Crippen LogP contribution is 2.21. The van der Waals surface area contributed by atoms with Gasteiger partial charge in [-0.15, -0.1) is 0 Å². The number of rotatable bonds is 3. The van der Waals surface area contributed by atoms with Crippen molar-refractivity contribution in [2.24, 2.45) is 0 Å². The second-order valence-corrected chi connectivity index (χ2v) is 3.94. The van der Waals surface area contributed by atoms with Gasteiger partial charge in [0.05, 0.1) is 0 Å². The van der Waals surface area contributed by atoms with E-state index in [0.29, 0.717) is 5.76 Å². The quantitative estimate of drug-likeness (QED) is 0.751. The Hall–Kier alpha value is -2.02. The van der Waals surface area contributed by atoms with Gasteiger partial charge in [0.25, 0.3) is 0 Å². The molecule has 2 aromatic carbocycles. The Bertz CT molecular complexity index is 495. The van der Waals surface area contributed by atoms with E-state index in [0.717, 1.165) is 12.0 Å². The fourth-order valence-electron chi connectivity index (χ4n) is 1.78. The minimum absolute atomic E-state index is 0.354. The maximum absolute atomic E-state index is 9.74. The highest BCUT2D eigenvalue weighted by molar-refractivity contribution is 5.67. The molecule has 0 radical (unpaired) electrons. The number of hydrogen-bond acceptors (Lipinski definition) is 1. The van der Waals surface area contributed by atoms with E-state index < -0.39 is 0 Å². The first-order valence-electron chi connectivity index (χ1n) is 5.86. The summed E-state index contributed by atoms with van der Waals surface area (Å²) in [5.41, 5.74) is 3.23. The maximum atomic E-state index is 9.74. The second kappa shape index (κ2) is 5.35. The first-order chi connectivity index (χ1) is 8.31. The Morgan fingerprint density at radius 3 is 2.12 bits per heavy atom. The molecule has 0 spiro atoms. The van der Waals surface area contributed by atoms with E-state index in [1.54, 1.807) is 0 Å². The highest BCUT2D eigenvalue weighted by Gasteiger charge is 1.99. The molecule has 0 saturated heterocycles. The van der Waals surface area contributed by atoms with Crippen molar-refractivity contribution in [3.8, 4) is 11.1 Å². The van der Waals surface area contributed by atoms with Crippen molar-refractivity contribution >= 4 is 5.76 Å². The molecule has 0 bridgehead atoms. The van der Waals surface area contributed by atoms with Crippen molar-refractivity contribution in [3.05, 3.63) is 66.2 Å². The molecular formula is C16H16O. The number of aliphatic hydroxyl groups excluding tert-OH is 1. The Morgan fingerprint density at radius 2 is 1.53 bits per heavy atom. The molecule has 2 aromatic rings. The van der Waals surface area contributed by atoms with Gasteiger partial charge in [-0.25, -0.2) is 0 Å². The topological polar surface area (TPSA) is 20.2 Å². The van der Waals surface area contributed by atoms with E-state index in [4.69, 9.17) is 0 Å². The lowest BCUT2D eigenvalue weighted by molar-refractivity contribution is 0.509. The first-order valence-corrected chi connectivity index (χ1v) is 5.86. The van der Waals surface area contributed by atoms with Gasteiger partial charge in [-0.1, -0.05) is 61.5 Å². The van der Waals surface area contributed by atoms with Gasteiger partial charge in [0, 0.05) is 5.56 Å². The van der Waals surface area contributed by atoms with Crippen molar-refractivity contribution in [2.45, 2.75) is 13.3 Å². The van der Waals surface area contributed by atoms with Crippen LogP contribution in [-0.2, 0) is 0 Å². The highest BCUT2D eigenvalue weighted by atomic mass is 16.3. The molecule has 0 atom stereocenters. The maximum Gasteiger partial charge on any atom is 0.118 e. The van der Waals surface area contributed by atoms with Crippen LogP contribution in [0.25, 0.3) is 16.9 Å². The average molecular weight is 224 g/mol. The molecule has 0 fully saturated rings. The number of allylic oxidation sites excluding steroid dienone is 1. The van der Waals surface area contributed by atoms with Gasteiger partial charge in [-0.05, 0) is 23.6 Å². The summed E-state index contributed by atoms with van der Waals surface area (Å²) in [5.74, 6) is 0.354. The number of benzene rings is 2. The fourth-order valence-corrected chi connectivity index (χ4v) is 1.78. The summed E-state index contributed by atoms with van der Waals surface area (Å²) in [6, 6.07) is 18.2. The van der Waals surface area contributed by atoms with Crippen LogP contribution in [0.1, 0.15) is 18.9 Å². The molecule has 1 heteroatoms. The van der Waals surface area contributed by atoms with E-state index in [2.05, 4.69) is 12.1 Å². The summed E-state index contributed by atoms with van der Waals surface area (Å²) in [7, 11) is 0. The van der Waals surface area contributed by atoms with E-state index in [1.807, 2.05) is 55.5 Å². The zero-order valence-electron chi connectivity index (χ0n) is 9.93. The largest absolute Gasteiger partial charge is 0.508 e. The van der Waals surface area contributed by atoms with E-state index >= 15 is 0 Å². The van der Waals surface area contributed by atoms with Crippen molar-refractivity contribution in [1.29, 1.82) is 0 Å². The Balaban J connectivity index is 2.28. The molecule has 0 unspecified atom stereocenters. The smallest absolute Gasteiger partial charge is 0.118 e. The lowest BCUT2D eigenvalue weighted by Gasteiger charge is -2.04. The van der Waals surface area contributed by atoms with Gasteiger partial charge < -0.3 is 5.11 Å². The van der Waals surface area contributed by atoms with Gasteiger partial charge in [0.15, 0.2) is 0 Å². The number of hydrogen-bond donors (Lipinski definition) is 1. The third kappa shape index (κ3) is 2.76. The van der Waals surface area contributed by atoms with Crippen LogP contribution in [0.4, 0.5) is 0 Å².